The van der Waals surface area contributed by atoms with Gasteiger partial charge in [-0.3, -0.25) is 14.9 Å². The van der Waals surface area contributed by atoms with Gasteiger partial charge >= 0.3 is 5.69 Å². The van der Waals surface area contributed by atoms with Crippen molar-refractivity contribution in [3.05, 3.63) is 72.7 Å². The molecule has 3 aromatic rings. The second-order valence-electron chi connectivity index (χ2n) is 6.54. The number of aryl methyl sites for hydroxylation is 1. The number of nitro groups is 1. The Balaban J connectivity index is 2.16. The van der Waals surface area contributed by atoms with E-state index in [1.54, 1.807) is 31.2 Å². The van der Waals surface area contributed by atoms with Crippen molar-refractivity contribution in [1.82, 2.24) is 9.66 Å². The number of fused-ring (bicyclic) bond motifs is 1. The maximum atomic E-state index is 13.1. The molecule has 156 valence electrons. The van der Waals surface area contributed by atoms with Gasteiger partial charge in [-0.15, -0.1) is 0 Å². The maximum absolute atomic E-state index is 13.1. The van der Waals surface area contributed by atoms with Gasteiger partial charge in [0.1, 0.15) is 5.82 Å². The van der Waals surface area contributed by atoms with Gasteiger partial charge in [0.15, 0.2) is 0 Å². The van der Waals surface area contributed by atoms with E-state index in [1.165, 1.54) is 17.0 Å². The first-order chi connectivity index (χ1) is 14.5. The molecule has 1 aromatic heterocycles. The van der Waals surface area contributed by atoms with E-state index in [4.69, 9.17) is 4.74 Å². The van der Waals surface area contributed by atoms with Crippen LogP contribution in [0, 0.1) is 10.1 Å². The number of rotatable bonds is 8. The molecule has 0 N–H and O–H groups in total. The number of unbranched alkanes of at least 4 members (excludes halogenated alkanes) is 1. The fraction of sp³-hybridized carbons (Fsp3) is 0.286. The highest BCUT2D eigenvalue weighted by atomic mass is 79.9. The Hall–Kier alpha value is -3.07. The molecule has 0 atom stereocenters. The monoisotopic (exact) mass is 472 g/mol. The van der Waals surface area contributed by atoms with Gasteiger partial charge in [-0.1, -0.05) is 35.3 Å². The summed E-state index contributed by atoms with van der Waals surface area (Å²) in [5.74, 6) is 0.657. The lowest BCUT2D eigenvalue weighted by Gasteiger charge is -2.10. The van der Waals surface area contributed by atoms with Gasteiger partial charge in [0.25, 0.3) is 5.56 Å². The molecule has 0 saturated heterocycles. The van der Waals surface area contributed by atoms with Crippen molar-refractivity contribution in [2.45, 2.75) is 33.1 Å². The van der Waals surface area contributed by atoms with Gasteiger partial charge in [-0.2, -0.15) is 9.78 Å². The van der Waals surface area contributed by atoms with Gasteiger partial charge < -0.3 is 4.74 Å². The Morgan fingerprint density at radius 1 is 1.30 bits per heavy atom. The molecule has 0 aliphatic rings. The summed E-state index contributed by atoms with van der Waals surface area (Å²) < 4.78 is 7.52. The molecule has 0 aliphatic heterocycles. The van der Waals surface area contributed by atoms with Crippen LogP contribution in [0.25, 0.3) is 10.9 Å². The molecule has 0 saturated carbocycles. The molecule has 1 heterocycles. The highest BCUT2D eigenvalue weighted by molar-refractivity contribution is 9.10. The summed E-state index contributed by atoms with van der Waals surface area (Å²) in [6, 6.07) is 9.92. The Bertz CT molecular complexity index is 1170. The summed E-state index contributed by atoms with van der Waals surface area (Å²) in [7, 11) is 0. The lowest BCUT2D eigenvalue weighted by Crippen LogP contribution is -2.22. The Labute approximate surface area is 181 Å². The SMILES string of the molecule is CCCCc1nc2ccc(Br)cc2c(=O)n1N=Cc1cccc([N+](=O)[O-])c1OCC. The zero-order valence-electron chi connectivity index (χ0n) is 16.7. The van der Waals surface area contributed by atoms with Gasteiger partial charge in [0.2, 0.25) is 5.75 Å². The molecular formula is C21H21BrN4O4. The van der Waals surface area contributed by atoms with E-state index in [1.807, 2.05) is 6.07 Å². The van der Waals surface area contributed by atoms with Gasteiger partial charge in [0, 0.05) is 22.5 Å². The van der Waals surface area contributed by atoms with E-state index >= 15 is 0 Å². The van der Waals surface area contributed by atoms with E-state index in [0.29, 0.717) is 28.7 Å². The van der Waals surface area contributed by atoms with Crippen LogP contribution in [0.1, 0.15) is 38.1 Å². The van der Waals surface area contributed by atoms with Gasteiger partial charge in [0.05, 0.1) is 28.6 Å². The first kappa shape index (κ1) is 21.6. The zero-order valence-corrected chi connectivity index (χ0v) is 18.3. The molecule has 8 nitrogen and oxygen atoms in total. The van der Waals surface area contributed by atoms with Crippen molar-refractivity contribution in [2.75, 3.05) is 6.61 Å². The lowest BCUT2D eigenvalue weighted by molar-refractivity contribution is -0.385. The fourth-order valence-corrected chi connectivity index (χ4v) is 3.38. The van der Waals surface area contributed by atoms with Crippen molar-refractivity contribution in [1.29, 1.82) is 0 Å². The third kappa shape index (κ3) is 4.56. The molecule has 0 aliphatic carbocycles. The van der Waals surface area contributed by atoms with Crippen LogP contribution in [0.2, 0.25) is 0 Å². The summed E-state index contributed by atoms with van der Waals surface area (Å²) in [5.41, 5.74) is 0.562. The third-order valence-electron chi connectivity index (χ3n) is 4.45. The van der Waals surface area contributed by atoms with Crippen LogP contribution in [0.3, 0.4) is 0 Å². The highest BCUT2D eigenvalue weighted by Gasteiger charge is 2.18. The number of para-hydroxylation sites is 1. The smallest absolute Gasteiger partial charge is 0.311 e. The number of nitro benzene ring substituents is 1. The summed E-state index contributed by atoms with van der Waals surface area (Å²) in [4.78, 5) is 28.6. The summed E-state index contributed by atoms with van der Waals surface area (Å²) in [5, 5.41) is 16.1. The van der Waals surface area contributed by atoms with E-state index in [-0.39, 0.29) is 23.6 Å². The van der Waals surface area contributed by atoms with E-state index in [9.17, 15) is 14.9 Å². The molecule has 2 aromatic carbocycles. The van der Waals surface area contributed by atoms with E-state index in [2.05, 4.69) is 32.9 Å². The first-order valence-electron chi connectivity index (χ1n) is 9.62. The lowest BCUT2D eigenvalue weighted by atomic mass is 10.2. The molecule has 30 heavy (non-hydrogen) atoms. The van der Waals surface area contributed by atoms with E-state index < -0.39 is 4.92 Å². The highest BCUT2D eigenvalue weighted by Crippen LogP contribution is 2.30. The molecule has 0 amide bonds. The van der Waals surface area contributed by atoms with Crippen molar-refractivity contribution in [2.24, 2.45) is 5.10 Å². The van der Waals surface area contributed by atoms with Crippen LogP contribution in [0.15, 0.2) is 50.8 Å². The minimum absolute atomic E-state index is 0.119. The number of halogens is 1. The van der Waals surface area contributed by atoms with Crippen LogP contribution in [0.4, 0.5) is 5.69 Å². The number of hydrogen-bond acceptors (Lipinski definition) is 6. The average molecular weight is 473 g/mol. The van der Waals surface area contributed by atoms with Crippen LogP contribution in [-0.2, 0) is 6.42 Å². The number of hydrogen-bond donors (Lipinski definition) is 0. The summed E-state index contributed by atoms with van der Waals surface area (Å²) in [6.07, 6.45) is 3.78. The minimum atomic E-state index is -0.504. The standard InChI is InChI=1S/C21H21BrN4O4/c1-3-5-9-19-24-17-11-10-15(22)12-16(17)21(27)25(19)23-13-14-7-6-8-18(26(28)29)20(14)30-4-2/h6-8,10-13H,3-5,9H2,1-2H3. The first-order valence-corrected chi connectivity index (χ1v) is 10.4. The molecule has 0 unspecified atom stereocenters. The zero-order chi connectivity index (χ0) is 21.7. The molecule has 0 fully saturated rings. The second-order valence-corrected chi connectivity index (χ2v) is 7.46. The van der Waals surface area contributed by atoms with Gasteiger partial charge in [-0.05, 0) is 37.6 Å². The molecular weight excluding hydrogens is 452 g/mol. The minimum Gasteiger partial charge on any atom is -0.487 e. The fourth-order valence-electron chi connectivity index (χ4n) is 3.02. The Morgan fingerprint density at radius 2 is 2.10 bits per heavy atom. The number of benzene rings is 2. The van der Waals surface area contributed by atoms with Crippen LogP contribution >= 0.6 is 15.9 Å². The normalized spacial score (nSPS) is 11.3. The van der Waals surface area contributed by atoms with Crippen molar-refractivity contribution in [3.63, 3.8) is 0 Å². The topological polar surface area (TPSA) is 99.6 Å². The van der Waals surface area contributed by atoms with Gasteiger partial charge in [-0.25, -0.2) is 4.98 Å². The molecule has 0 radical (unpaired) electrons. The third-order valence-corrected chi connectivity index (χ3v) is 4.94. The van der Waals surface area contributed by atoms with Crippen molar-refractivity contribution >= 4 is 38.7 Å². The summed E-state index contributed by atoms with van der Waals surface area (Å²) in [6.45, 7) is 4.07. The second kappa shape index (κ2) is 9.62. The largest absolute Gasteiger partial charge is 0.487 e. The quantitative estimate of drug-likeness (QED) is 0.269. The predicted molar refractivity (Wildman–Crippen MR) is 120 cm³/mol. The molecule has 3 rings (SSSR count). The maximum Gasteiger partial charge on any atom is 0.311 e. The van der Waals surface area contributed by atoms with Crippen molar-refractivity contribution < 1.29 is 9.66 Å². The predicted octanol–water partition coefficient (Wildman–Crippen LogP) is 4.69. The summed E-state index contributed by atoms with van der Waals surface area (Å²) >= 11 is 3.38. The van der Waals surface area contributed by atoms with Crippen LogP contribution in [0.5, 0.6) is 5.75 Å². The van der Waals surface area contributed by atoms with E-state index in [0.717, 1.165) is 17.3 Å². The number of ether oxygens (including phenoxy) is 1. The molecule has 9 heteroatoms. The molecule has 0 bridgehead atoms. The van der Waals surface area contributed by atoms with Crippen LogP contribution < -0.4 is 10.3 Å². The molecule has 0 spiro atoms. The number of aromatic nitrogens is 2. The number of nitrogens with zero attached hydrogens (tertiary/aromatic N) is 4. The Morgan fingerprint density at radius 3 is 2.80 bits per heavy atom. The van der Waals surface area contributed by atoms with Crippen LogP contribution in [-0.4, -0.2) is 27.4 Å². The Kier molecular flexibility index (Phi) is 6.94. The van der Waals surface area contributed by atoms with Crippen molar-refractivity contribution in [3.8, 4) is 5.75 Å². The average Bonchev–Trinajstić information content (AvgIpc) is 2.73.